The second kappa shape index (κ2) is 15.1. The number of ketones is 1. The maximum atomic E-state index is 14.4. The third kappa shape index (κ3) is 8.21. The summed E-state index contributed by atoms with van der Waals surface area (Å²) in [5.41, 5.74) is 1.04. The van der Waals surface area contributed by atoms with Crippen LogP contribution in [0.4, 0.5) is 9.18 Å². The molecule has 1 aliphatic heterocycles. The number of benzene rings is 2. The van der Waals surface area contributed by atoms with Gasteiger partial charge in [0, 0.05) is 38.6 Å². The summed E-state index contributed by atoms with van der Waals surface area (Å²) in [7, 11) is 0. The summed E-state index contributed by atoms with van der Waals surface area (Å²) in [6.45, 7) is 8.31. The molecular weight excluding hydrogens is 637 g/mol. The highest BCUT2D eigenvalue weighted by Gasteiger charge is 2.29. The molecule has 1 saturated heterocycles. The number of carbonyl (C=O) groups excluding carboxylic acids is 2. The fraction of sp³-hybridized carbons (Fsp3) is 0.462. The van der Waals surface area contributed by atoms with Crippen LogP contribution in [0.2, 0.25) is 0 Å². The number of pyridine rings is 1. The van der Waals surface area contributed by atoms with Crippen LogP contribution in [0.15, 0.2) is 76.4 Å². The molecule has 2 aromatic heterocycles. The Morgan fingerprint density at radius 3 is 2.30 bits per heavy atom. The molecule has 50 heavy (non-hydrogen) atoms. The highest BCUT2D eigenvalue weighted by Crippen LogP contribution is 2.34. The van der Waals surface area contributed by atoms with Crippen molar-refractivity contribution in [3.63, 3.8) is 0 Å². The lowest BCUT2D eigenvalue weighted by Gasteiger charge is -2.35. The molecule has 1 saturated carbocycles. The maximum Gasteiger partial charge on any atom is 0.410 e. The van der Waals surface area contributed by atoms with Gasteiger partial charge in [-0.25, -0.2) is 23.5 Å². The molecule has 0 bridgehead atoms. The standard InChI is InChI=1S/C39H46FN5O5/c1-39(2,3)50-38(49)43-21-19-42(20-22-43)26-33(46)14-7-9-27-15-17-31(18-16-27)45-36(47)34-24-30(40)25-41-35(34)44(37(45)48)32-13-8-12-29(23-32)28-10-5-4-6-11-28/h4-6,8,10-13,23-25,27,31H,7,9,14-22,26H2,1-3H3. The van der Waals surface area contributed by atoms with Gasteiger partial charge in [0.1, 0.15) is 17.2 Å². The molecule has 1 aliphatic carbocycles. The van der Waals surface area contributed by atoms with Gasteiger partial charge in [0.15, 0.2) is 5.65 Å². The number of ether oxygens (including phenoxy) is 1. The molecule has 3 heterocycles. The molecule has 10 nitrogen and oxygen atoms in total. The summed E-state index contributed by atoms with van der Waals surface area (Å²) < 4.78 is 22.6. The van der Waals surface area contributed by atoms with Crippen LogP contribution >= 0.6 is 0 Å². The lowest BCUT2D eigenvalue weighted by atomic mass is 9.83. The van der Waals surface area contributed by atoms with Crippen molar-refractivity contribution >= 4 is 22.9 Å². The van der Waals surface area contributed by atoms with Gasteiger partial charge >= 0.3 is 11.8 Å². The molecule has 264 valence electrons. The van der Waals surface area contributed by atoms with E-state index in [9.17, 15) is 23.6 Å². The smallest absolute Gasteiger partial charge is 0.410 e. The molecule has 0 atom stereocenters. The summed E-state index contributed by atoms with van der Waals surface area (Å²) in [5.74, 6) is -0.0352. The number of carbonyl (C=O) groups is 2. The van der Waals surface area contributed by atoms with E-state index in [1.54, 1.807) is 11.0 Å². The van der Waals surface area contributed by atoms with E-state index in [-0.39, 0.29) is 29.0 Å². The first kappa shape index (κ1) is 35.2. The first-order valence-electron chi connectivity index (χ1n) is 17.7. The number of aromatic nitrogens is 3. The quantitative estimate of drug-likeness (QED) is 0.202. The molecule has 6 rings (SSSR count). The topological polar surface area (TPSA) is 107 Å². The van der Waals surface area contributed by atoms with E-state index in [4.69, 9.17) is 4.74 Å². The first-order chi connectivity index (χ1) is 24.0. The summed E-state index contributed by atoms with van der Waals surface area (Å²) in [6.07, 6.45) is 5.88. The van der Waals surface area contributed by atoms with Gasteiger partial charge in [-0.3, -0.25) is 19.1 Å². The van der Waals surface area contributed by atoms with Crippen LogP contribution in [-0.2, 0) is 9.53 Å². The number of hydrogen-bond acceptors (Lipinski definition) is 7. The van der Waals surface area contributed by atoms with Gasteiger partial charge < -0.3 is 9.64 Å². The monoisotopic (exact) mass is 683 g/mol. The minimum Gasteiger partial charge on any atom is -0.444 e. The van der Waals surface area contributed by atoms with Crippen LogP contribution in [0.25, 0.3) is 27.8 Å². The number of Topliss-reactive ketones (excluding diaryl/α,β-unsaturated/α-hetero) is 1. The zero-order valence-corrected chi connectivity index (χ0v) is 29.1. The number of nitrogens with zero attached hydrogens (tertiary/aromatic N) is 5. The number of hydrogen-bond donors (Lipinski definition) is 0. The van der Waals surface area contributed by atoms with E-state index < -0.39 is 22.7 Å². The summed E-state index contributed by atoms with van der Waals surface area (Å²) >= 11 is 0. The van der Waals surface area contributed by atoms with E-state index in [1.165, 1.54) is 15.2 Å². The Hall–Kier alpha value is -4.64. The molecule has 2 aliphatic rings. The lowest BCUT2D eigenvalue weighted by Crippen LogP contribution is -2.51. The van der Waals surface area contributed by atoms with E-state index in [0.29, 0.717) is 63.6 Å². The second-order valence-electron chi connectivity index (χ2n) is 14.6. The van der Waals surface area contributed by atoms with E-state index in [1.807, 2.05) is 69.3 Å². The van der Waals surface area contributed by atoms with Gasteiger partial charge in [-0.1, -0.05) is 48.9 Å². The molecule has 11 heteroatoms. The van der Waals surface area contributed by atoms with Crippen molar-refractivity contribution in [2.24, 2.45) is 5.92 Å². The van der Waals surface area contributed by atoms with Gasteiger partial charge in [0.25, 0.3) is 5.56 Å². The Bertz CT molecular complexity index is 1950. The third-order valence-corrected chi connectivity index (χ3v) is 9.78. The minimum absolute atomic E-state index is 0.0709. The Labute approximate surface area is 291 Å². The van der Waals surface area contributed by atoms with Crippen molar-refractivity contribution in [2.45, 2.75) is 77.4 Å². The third-order valence-electron chi connectivity index (χ3n) is 9.78. The van der Waals surface area contributed by atoms with Crippen LogP contribution in [0, 0.1) is 11.7 Å². The SMILES string of the molecule is CC(C)(C)OC(=O)N1CCN(CC(=O)CCCC2CCC(n3c(=O)c4cc(F)cnc4n(-c4cccc(-c5ccccc5)c4)c3=O)CC2)CC1. The van der Waals surface area contributed by atoms with Crippen molar-refractivity contribution in [1.29, 1.82) is 0 Å². The number of piperazine rings is 1. The first-order valence-corrected chi connectivity index (χ1v) is 17.7. The Morgan fingerprint density at radius 2 is 1.60 bits per heavy atom. The van der Waals surface area contributed by atoms with Gasteiger partial charge in [-0.15, -0.1) is 0 Å². The summed E-state index contributed by atoms with van der Waals surface area (Å²) in [4.78, 5) is 61.0. The molecule has 2 fully saturated rings. The van der Waals surface area contributed by atoms with Crippen molar-refractivity contribution in [1.82, 2.24) is 23.9 Å². The Balaban J connectivity index is 1.07. The molecule has 1 amide bonds. The van der Waals surface area contributed by atoms with Crippen molar-refractivity contribution in [2.75, 3.05) is 32.7 Å². The van der Waals surface area contributed by atoms with Crippen LogP contribution in [-0.4, -0.2) is 74.1 Å². The summed E-state index contributed by atoms with van der Waals surface area (Å²) in [5, 5.41) is 0.0709. The van der Waals surface area contributed by atoms with Crippen LogP contribution in [0.1, 0.15) is 71.8 Å². The minimum atomic E-state index is -0.634. The van der Waals surface area contributed by atoms with E-state index >= 15 is 0 Å². The average Bonchev–Trinajstić information content (AvgIpc) is 3.09. The van der Waals surface area contributed by atoms with Crippen molar-refractivity contribution < 1.29 is 18.7 Å². The normalized spacial score (nSPS) is 18.7. The zero-order valence-electron chi connectivity index (χ0n) is 29.1. The van der Waals surface area contributed by atoms with E-state index in [2.05, 4.69) is 9.88 Å². The molecule has 4 aromatic rings. The largest absolute Gasteiger partial charge is 0.444 e. The van der Waals surface area contributed by atoms with Crippen molar-refractivity contribution in [3.8, 4) is 16.8 Å². The Morgan fingerprint density at radius 1 is 0.900 bits per heavy atom. The fourth-order valence-corrected chi connectivity index (χ4v) is 7.22. The Kier molecular flexibility index (Phi) is 10.6. The van der Waals surface area contributed by atoms with Crippen LogP contribution in [0.3, 0.4) is 0 Å². The fourth-order valence-electron chi connectivity index (χ4n) is 7.22. The highest BCUT2D eigenvalue weighted by molar-refractivity contribution is 5.80. The average molecular weight is 684 g/mol. The number of amides is 1. The number of halogens is 1. The molecule has 0 radical (unpaired) electrons. The van der Waals surface area contributed by atoms with E-state index in [0.717, 1.165) is 43.0 Å². The predicted octanol–water partition coefficient (Wildman–Crippen LogP) is 6.38. The number of rotatable bonds is 9. The van der Waals surface area contributed by atoms with Gasteiger partial charge in [-0.2, -0.15) is 0 Å². The lowest BCUT2D eigenvalue weighted by molar-refractivity contribution is -0.120. The van der Waals surface area contributed by atoms with Gasteiger partial charge in [-0.05, 0) is 88.1 Å². The maximum absolute atomic E-state index is 14.4. The molecule has 0 spiro atoms. The van der Waals surface area contributed by atoms with Crippen LogP contribution in [0.5, 0.6) is 0 Å². The highest BCUT2D eigenvalue weighted by atomic mass is 19.1. The van der Waals surface area contributed by atoms with Gasteiger partial charge in [0.05, 0.1) is 23.8 Å². The molecule has 0 N–H and O–H groups in total. The molecule has 0 unspecified atom stereocenters. The molecule has 2 aromatic carbocycles. The second-order valence-corrected chi connectivity index (χ2v) is 14.6. The molecular formula is C39H46FN5O5. The predicted molar refractivity (Wildman–Crippen MR) is 191 cm³/mol. The summed E-state index contributed by atoms with van der Waals surface area (Å²) in [6, 6.07) is 18.2. The van der Waals surface area contributed by atoms with Gasteiger partial charge in [0.2, 0.25) is 0 Å². The zero-order chi connectivity index (χ0) is 35.4. The van der Waals surface area contributed by atoms with Crippen molar-refractivity contribution in [3.05, 3.63) is 93.5 Å². The van der Waals surface area contributed by atoms with Crippen LogP contribution < -0.4 is 11.2 Å². The number of fused-ring (bicyclic) bond motifs is 1.